The standard InChI is InChI=1S/C11H23N3O2.C7H11N3O/c1-3-6-10(15)14-8-5-4-7-9(13-2)11(12)16;1-8-7(11)3-2-6-4-9-5-10-6/h9,13H,3-8H2,1-2H3,(H2,12,16)(H,14,15);4-5H,2-3H2,1H3,(H,8,11)(H,9,10)/t9-;/m0./s1. The number of imidazole rings is 1. The van der Waals surface area contributed by atoms with Crippen LogP contribution in [-0.4, -0.2) is 54.4 Å². The Balaban J connectivity index is 0.000000533. The van der Waals surface area contributed by atoms with E-state index in [9.17, 15) is 14.4 Å². The predicted molar refractivity (Wildman–Crippen MR) is 105 cm³/mol. The molecular formula is C18H34N6O3. The van der Waals surface area contributed by atoms with Crippen molar-refractivity contribution in [3.8, 4) is 0 Å². The Morgan fingerprint density at radius 1 is 1.19 bits per heavy atom. The fourth-order valence-electron chi connectivity index (χ4n) is 2.24. The second-order valence-electron chi connectivity index (χ2n) is 6.09. The number of hydrogen-bond acceptors (Lipinski definition) is 5. The van der Waals surface area contributed by atoms with E-state index in [0.29, 0.717) is 19.4 Å². The van der Waals surface area contributed by atoms with E-state index in [4.69, 9.17) is 5.73 Å². The Morgan fingerprint density at radius 2 is 1.93 bits per heavy atom. The van der Waals surface area contributed by atoms with Gasteiger partial charge >= 0.3 is 0 Å². The number of amides is 3. The van der Waals surface area contributed by atoms with Crippen molar-refractivity contribution in [2.24, 2.45) is 5.73 Å². The van der Waals surface area contributed by atoms with Gasteiger partial charge in [-0.1, -0.05) is 6.92 Å². The van der Waals surface area contributed by atoms with Gasteiger partial charge in [-0.05, 0) is 39.2 Å². The van der Waals surface area contributed by atoms with Crippen LogP contribution in [0.5, 0.6) is 0 Å². The molecule has 0 aromatic carbocycles. The normalized spacial score (nSPS) is 11.1. The number of unbranched alkanes of at least 4 members (excludes halogenated alkanes) is 1. The van der Waals surface area contributed by atoms with E-state index in [1.54, 1.807) is 26.6 Å². The molecule has 1 aromatic heterocycles. The van der Waals surface area contributed by atoms with Gasteiger partial charge in [-0.2, -0.15) is 0 Å². The van der Waals surface area contributed by atoms with Crippen LogP contribution in [0.2, 0.25) is 0 Å². The van der Waals surface area contributed by atoms with Crippen LogP contribution in [0.25, 0.3) is 0 Å². The zero-order valence-electron chi connectivity index (χ0n) is 16.6. The number of carbonyl (C=O) groups is 3. The number of aromatic nitrogens is 2. The molecule has 0 aliphatic rings. The van der Waals surface area contributed by atoms with Gasteiger partial charge in [0.15, 0.2) is 0 Å². The van der Waals surface area contributed by atoms with Crippen LogP contribution in [0, 0.1) is 0 Å². The maximum atomic E-state index is 11.1. The monoisotopic (exact) mass is 382 g/mol. The van der Waals surface area contributed by atoms with E-state index >= 15 is 0 Å². The smallest absolute Gasteiger partial charge is 0.234 e. The summed E-state index contributed by atoms with van der Waals surface area (Å²) in [6.07, 6.45) is 8.49. The fourth-order valence-corrected chi connectivity index (χ4v) is 2.24. The van der Waals surface area contributed by atoms with E-state index < -0.39 is 0 Å². The Hall–Kier alpha value is -2.42. The minimum absolute atomic E-state index is 0.0552. The molecule has 0 fully saturated rings. The third-order valence-corrected chi connectivity index (χ3v) is 3.87. The van der Waals surface area contributed by atoms with E-state index in [0.717, 1.165) is 37.8 Å². The molecule has 154 valence electrons. The van der Waals surface area contributed by atoms with E-state index in [2.05, 4.69) is 25.9 Å². The van der Waals surface area contributed by atoms with Crippen molar-refractivity contribution < 1.29 is 14.4 Å². The number of carbonyl (C=O) groups excluding carboxylic acids is 3. The van der Waals surface area contributed by atoms with E-state index in [1.165, 1.54) is 0 Å². The summed E-state index contributed by atoms with van der Waals surface area (Å²) in [5, 5.41) is 8.24. The lowest BCUT2D eigenvalue weighted by Gasteiger charge is -2.11. The summed E-state index contributed by atoms with van der Waals surface area (Å²) < 4.78 is 0. The number of primary amides is 1. The minimum Gasteiger partial charge on any atom is -0.368 e. The van der Waals surface area contributed by atoms with Gasteiger partial charge in [0.2, 0.25) is 17.7 Å². The summed E-state index contributed by atoms with van der Waals surface area (Å²) in [6, 6.07) is -0.258. The maximum absolute atomic E-state index is 11.1. The van der Waals surface area contributed by atoms with Gasteiger partial charge < -0.3 is 26.7 Å². The Bertz CT molecular complexity index is 533. The molecule has 9 heteroatoms. The molecule has 6 N–H and O–H groups in total. The average molecular weight is 383 g/mol. The molecule has 1 aromatic rings. The SMILES string of the molecule is CCCC(=O)NCCCC[C@H](NC)C(N)=O.CNC(=O)CCc1cnc[nH]1. The third-order valence-electron chi connectivity index (χ3n) is 3.87. The number of nitrogens with one attached hydrogen (secondary N) is 4. The third kappa shape index (κ3) is 13.4. The molecule has 0 spiro atoms. The summed E-state index contributed by atoms with van der Waals surface area (Å²) in [7, 11) is 3.35. The molecule has 9 nitrogen and oxygen atoms in total. The second-order valence-corrected chi connectivity index (χ2v) is 6.09. The van der Waals surface area contributed by atoms with Crippen molar-refractivity contribution in [3.05, 3.63) is 18.2 Å². The van der Waals surface area contributed by atoms with Crippen LogP contribution in [0.4, 0.5) is 0 Å². The molecule has 0 aliphatic heterocycles. The minimum atomic E-state index is -0.322. The van der Waals surface area contributed by atoms with Crippen molar-refractivity contribution >= 4 is 17.7 Å². The van der Waals surface area contributed by atoms with Gasteiger partial charge in [-0.15, -0.1) is 0 Å². The van der Waals surface area contributed by atoms with Gasteiger partial charge in [0.05, 0.1) is 12.4 Å². The van der Waals surface area contributed by atoms with Crippen LogP contribution >= 0.6 is 0 Å². The van der Waals surface area contributed by atoms with Gasteiger partial charge in [-0.25, -0.2) is 4.98 Å². The van der Waals surface area contributed by atoms with Crippen LogP contribution in [-0.2, 0) is 20.8 Å². The number of aryl methyl sites for hydroxylation is 1. The maximum Gasteiger partial charge on any atom is 0.234 e. The fraction of sp³-hybridized carbons (Fsp3) is 0.667. The van der Waals surface area contributed by atoms with Crippen LogP contribution < -0.4 is 21.7 Å². The van der Waals surface area contributed by atoms with Crippen LogP contribution in [0.3, 0.4) is 0 Å². The quantitative estimate of drug-likeness (QED) is 0.329. The molecule has 0 aliphatic carbocycles. The molecule has 0 bridgehead atoms. The van der Waals surface area contributed by atoms with Crippen molar-refractivity contribution in [3.63, 3.8) is 0 Å². The molecule has 27 heavy (non-hydrogen) atoms. The van der Waals surface area contributed by atoms with E-state index in [1.807, 2.05) is 6.92 Å². The summed E-state index contributed by atoms with van der Waals surface area (Å²) in [5.74, 6) is -0.167. The first-order valence-corrected chi connectivity index (χ1v) is 9.35. The highest BCUT2D eigenvalue weighted by molar-refractivity contribution is 5.79. The average Bonchev–Trinajstić information content (AvgIpc) is 3.16. The van der Waals surface area contributed by atoms with Crippen molar-refractivity contribution in [2.45, 2.75) is 57.9 Å². The lowest BCUT2D eigenvalue weighted by molar-refractivity contribution is -0.121. The van der Waals surface area contributed by atoms with Crippen LogP contribution in [0.15, 0.2) is 12.5 Å². The largest absolute Gasteiger partial charge is 0.368 e. The highest BCUT2D eigenvalue weighted by Crippen LogP contribution is 1.99. The Morgan fingerprint density at radius 3 is 2.44 bits per heavy atom. The first kappa shape index (κ1) is 24.6. The Kier molecular flexibility index (Phi) is 14.4. The zero-order chi connectivity index (χ0) is 20.5. The summed E-state index contributed by atoms with van der Waals surface area (Å²) in [5.41, 5.74) is 6.17. The second kappa shape index (κ2) is 15.8. The van der Waals surface area contributed by atoms with Gasteiger partial charge in [-0.3, -0.25) is 14.4 Å². The number of aromatic amines is 1. The Labute approximate surface area is 161 Å². The number of nitrogens with zero attached hydrogens (tertiary/aromatic N) is 1. The summed E-state index contributed by atoms with van der Waals surface area (Å²) in [4.78, 5) is 39.5. The van der Waals surface area contributed by atoms with E-state index in [-0.39, 0.29) is 23.8 Å². The molecule has 0 saturated heterocycles. The van der Waals surface area contributed by atoms with Crippen molar-refractivity contribution in [1.82, 2.24) is 25.9 Å². The molecule has 1 rings (SSSR count). The number of rotatable bonds is 12. The zero-order valence-corrected chi connectivity index (χ0v) is 16.6. The number of hydrogen-bond donors (Lipinski definition) is 5. The molecule has 1 atom stereocenters. The molecule has 0 saturated carbocycles. The number of H-pyrrole nitrogens is 1. The highest BCUT2D eigenvalue weighted by atomic mass is 16.2. The number of likely N-dealkylation sites (N-methyl/N-ethyl adjacent to an activating group) is 1. The van der Waals surface area contributed by atoms with Crippen LogP contribution in [0.1, 0.15) is 51.1 Å². The predicted octanol–water partition coefficient (Wildman–Crippen LogP) is 0.235. The van der Waals surface area contributed by atoms with Gasteiger partial charge in [0, 0.05) is 38.3 Å². The first-order chi connectivity index (χ1) is 12.9. The topological polar surface area (TPSA) is 142 Å². The van der Waals surface area contributed by atoms with Gasteiger partial charge in [0.25, 0.3) is 0 Å². The molecule has 1 heterocycles. The van der Waals surface area contributed by atoms with Crippen molar-refractivity contribution in [1.29, 1.82) is 0 Å². The lowest BCUT2D eigenvalue weighted by Crippen LogP contribution is -2.39. The number of nitrogens with two attached hydrogens (primary N) is 1. The highest BCUT2D eigenvalue weighted by Gasteiger charge is 2.11. The summed E-state index contributed by atoms with van der Waals surface area (Å²) in [6.45, 7) is 2.65. The molecule has 3 amide bonds. The lowest BCUT2D eigenvalue weighted by atomic mass is 10.1. The molecule has 0 unspecified atom stereocenters. The molecular weight excluding hydrogens is 348 g/mol. The summed E-state index contributed by atoms with van der Waals surface area (Å²) >= 11 is 0. The molecule has 0 radical (unpaired) electrons. The van der Waals surface area contributed by atoms with Crippen molar-refractivity contribution in [2.75, 3.05) is 20.6 Å². The van der Waals surface area contributed by atoms with Gasteiger partial charge in [0.1, 0.15) is 0 Å². The first-order valence-electron chi connectivity index (χ1n) is 9.35.